The first kappa shape index (κ1) is 11.6. The third-order valence-corrected chi connectivity index (χ3v) is 4.30. The summed E-state index contributed by atoms with van der Waals surface area (Å²) in [6.45, 7) is 2.01. The van der Waals surface area contributed by atoms with Crippen LogP contribution in [0.5, 0.6) is 0 Å². The summed E-state index contributed by atoms with van der Waals surface area (Å²) < 4.78 is 1.76. The zero-order valence-corrected chi connectivity index (χ0v) is 10.9. The molecule has 2 rings (SSSR count). The van der Waals surface area contributed by atoms with Crippen molar-refractivity contribution >= 4 is 22.9 Å². The van der Waals surface area contributed by atoms with E-state index in [4.69, 9.17) is 11.6 Å². The first-order valence-electron chi connectivity index (χ1n) is 4.90. The monoisotopic (exact) mass is 256 g/mol. The quantitative estimate of drug-likeness (QED) is 0.915. The Bertz CT molecular complexity index is 491. The fraction of sp³-hybridized carbons (Fsp3) is 0.400. The van der Waals surface area contributed by atoms with Gasteiger partial charge in [-0.05, 0) is 24.9 Å². The molecule has 86 valence electrons. The van der Waals surface area contributed by atoms with Crippen LogP contribution in [0.1, 0.15) is 22.2 Å². The molecule has 2 aromatic rings. The minimum Gasteiger partial charge on any atom is -0.307 e. The number of rotatable bonds is 3. The van der Waals surface area contributed by atoms with Crippen molar-refractivity contribution < 1.29 is 0 Å². The molecule has 0 spiro atoms. The number of aromatic nitrogens is 3. The number of hydrogen-bond donors (Lipinski definition) is 1. The van der Waals surface area contributed by atoms with E-state index in [0.717, 1.165) is 21.2 Å². The van der Waals surface area contributed by atoms with Gasteiger partial charge in [-0.1, -0.05) is 16.8 Å². The molecule has 0 radical (unpaired) electrons. The summed E-state index contributed by atoms with van der Waals surface area (Å²) in [5, 5.41) is 13.9. The van der Waals surface area contributed by atoms with Crippen LogP contribution < -0.4 is 5.32 Å². The molecule has 0 aliphatic rings. The molecule has 0 fully saturated rings. The molecule has 2 heterocycles. The number of nitrogens with one attached hydrogen (secondary N) is 1. The number of thiophene rings is 1. The smallest absolute Gasteiger partial charge is 0.0870 e. The van der Waals surface area contributed by atoms with Crippen LogP contribution in [-0.4, -0.2) is 22.0 Å². The van der Waals surface area contributed by atoms with Crippen LogP contribution in [0.2, 0.25) is 5.02 Å². The number of aryl methyl sites for hydroxylation is 2. The number of hydrogen-bond acceptors (Lipinski definition) is 4. The third kappa shape index (κ3) is 1.86. The molecule has 1 atom stereocenters. The average Bonchev–Trinajstić information content (AvgIpc) is 2.81. The van der Waals surface area contributed by atoms with Crippen LogP contribution in [0.15, 0.2) is 11.6 Å². The lowest BCUT2D eigenvalue weighted by molar-refractivity contribution is 0.604. The van der Waals surface area contributed by atoms with Crippen LogP contribution in [0, 0.1) is 6.92 Å². The van der Waals surface area contributed by atoms with E-state index in [-0.39, 0.29) is 6.04 Å². The maximum absolute atomic E-state index is 6.27. The van der Waals surface area contributed by atoms with E-state index in [0.29, 0.717) is 0 Å². The Morgan fingerprint density at radius 1 is 1.56 bits per heavy atom. The predicted molar refractivity (Wildman–Crippen MR) is 66.0 cm³/mol. The summed E-state index contributed by atoms with van der Waals surface area (Å²) in [5.74, 6) is 0. The van der Waals surface area contributed by atoms with Gasteiger partial charge >= 0.3 is 0 Å². The van der Waals surface area contributed by atoms with Crippen molar-refractivity contribution in [1.82, 2.24) is 20.3 Å². The molecule has 4 nitrogen and oxygen atoms in total. The van der Waals surface area contributed by atoms with Gasteiger partial charge in [0.05, 0.1) is 23.0 Å². The van der Waals surface area contributed by atoms with Crippen molar-refractivity contribution in [1.29, 1.82) is 0 Å². The van der Waals surface area contributed by atoms with Gasteiger partial charge in [0.25, 0.3) is 0 Å². The van der Waals surface area contributed by atoms with E-state index in [9.17, 15) is 0 Å². The van der Waals surface area contributed by atoms with Gasteiger partial charge < -0.3 is 5.32 Å². The standard InChI is InChI=1S/C10H13ClN4S/c1-6-5-16-10(8(6)11)9(12-2)7-4-13-14-15(7)3/h4-5,9,12H,1-3H3. The lowest BCUT2D eigenvalue weighted by Gasteiger charge is -2.14. The Morgan fingerprint density at radius 3 is 2.75 bits per heavy atom. The Hall–Kier alpha value is -0.910. The molecule has 0 aromatic carbocycles. The van der Waals surface area contributed by atoms with Gasteiger partial charge in [0.15, 0.2) is 0 Å². The van der Waals surface area contributed by atoms with Crippen LogP contribution in [0.25, 0.3) is 0 Å². The predicted octanol–water partition coefficient (Wildman–Crippen LogP) is 2.15. The van der Waals surface area contributed by atoms with E-state index < -0.39 is 0 Å². The van der Waals surface area contributed by atoms with Crippen LogP contribution in [-0.2, 0) is 7.05 Å². The fourth-order valence-corrected chi connectivity index (χ4v) is 3.04. The van der Waals surface area contributed by atoms with Crippen LogP contribution in [0.4, 0.5) is 0 Å². The van der Waals surface area contributed by atoms with Crippen molar-refractivity contribution in [2.45, 2.75) is 13.0 Å². The zero-order valence-electron chi connectivity index (χ0n) is 9.36. The normalized spacial score (nSPS) is 13.0. The molecule has 1 N–H and O–H groups in total. The highest BCUT2D eigenvalue weighted by Gasteiger charge is 2.21. The second kappa shape index (κ2) is 4.53. The van der Waals surface area contributed by atoms with Crippen molar-refractivity contribution in [3.8, 4) is 0 Å². The van der Waals surface area contributed by atoms with Crippen LogP contribution >= 0.6 is 22.9 Å². The highest BCUT2D eigenvalue weighted by molar-refractivity contribution is 7.10. The summed E-state index contributed by atoms with van der Waals surface area (Å²) >= 11 is 7.92. The molecule has 16 heavy (non-hydrogen) atoms. The number of nitrogens with zero attached hydrogens (tertiary/aromatic N) is 3. The summed E-state index contributed by atoms with van der Waals surface area (Å²) in [6, 6.07) is 0.0474. The second-order valence-electron chi connectivity index (χ2n) is 3.60. The van der Waals surface area contributed by atoms with Gasteiger partial charge in [-0.15, -0.1) is 16.4 Å². The van der Waals surface area contributed by atoms with E-state index >= 15 is 0 Å². The maximum atomic E-state index is 6.27. The third-order valence-electron chi connectivity index (χ3n) is 2.52. The molecule has 0 aliphatic heterocycles. The van der Waals surface area contributed by atoms with Crippen molar-refractivity contribution in [2.24, 2.45) is 7.05 Å². The lowest BCUT2D eigenvalue weighted by Crippen LogP contribution is -2.19. The SMILES string of the molecule is CNC(c1scc(C)c1Cl)c1cnnn1C. The van der Waals surface area contributed by atoms with Crippen molar-refractivity contribution in [2.75, 3.05) is 7.05 Å². The number of halogens is 1. The van der Waals surface area contributed by atoms with E-state index in [1.165, 1.54) is 0 Å². The van der Waals surface area contributed by atoms with Gasteiger partial charge in [-0.25, -0.2) is 0 Å². The molecular formula is C10H13ClN4S. The minimum absolute atomic E-state index is 0.0474. The Kier molecular flexibility index (Phi) is 3.28. The zero-order chi connectivity index (χ0) is 11.7. The molecule has 1 unspecified atom stereocenters. The lowest BCUT2D eigenvalue weighted by atomic mass is 10.1. The molecule has 2 aromatic heterocycles. The van der Waals surface area contributed by atoms with Crippen molar-refractivity contribution in [3.05, 3.63) is 32.7 Å². The maximum Gasteiger partial charge on any atom is 0.0870 e. The topological polar surface area (TPSA) is 42.7 Å². The Balaban J connectivity index is 2.45. The van der Waals surface area contributed by atoms with Gasteiger partial charge in [0.2, 0.25) is 0 Å². The minimum atomic E-state index is 0.0474. The second-order valence-corrected chi connectivity index (χ2v) is 4.89. The molecule has 0 bridgehead atoms. The summed E-state index contributed by atoms with van der Waals surface area (Å²) in [6.07, 6.45) is 1.76. The molecule has 6 heteroatoms. The largest absolute Gasteiger partial charge is 0.307 e. The van der Waals surface area contributed by atoms with E-state index in [1.807, 2.05) is 21.0 Å². The first-order valence-corrected chi connectivity index (χ1v) is 6.16. The van der Waals surface area contributed by atoms with E-state index in [1.54, 1.807) is 22.2 Å². The summed E-state index contributed by atoms with van der Waals surface area (Å²) in [4.78, 5) is 1.10. The van der Waals surface area contributed by atoms with E-state index in [2.05, 4.69) is 21.0 Å². The Labute approximate surface area is 103 Å². The van der Waals surface area contributed by atoms with Crippen LogP contribution in [0.3, 0.4) is 0 Å². The molecule has 0 saturated carbocycles. The average molecular weight is 257 g/mol. The first-order chi connectivity index (χ1) is 7.65. The highest BCUT2D eigenvalue weighted by atomic mass is 35.5. The molecule has 0 saturated heterocycles. The van der Waals surface area contributed by atoms with Gasteiger partial charge in [-0.2, -0.15) is 0 Å². The van der Waals surface area contributed by atoms with Gasteiger partial charge in [0, 0.05) is 11.9 Å². The molecule has 0 aliphatic carbocycles. The summed E-state index contributed by atoms with van der Waals surface area (Å²) in [5.41, 5.74) is 2.11. The molecular weight excluding hydrogens is 244 g/mol. The van der Waals surface area contributed by atoms with Gasteiger partial charge in [0.1, 0.15) is 0 Å². The molecule has 0 amide bonds. The highest BCUT2D eigenvalue weighted by Crippen LogP contribution is 2.34. The van der Waals surface area contributed by atoms with Gasteiger partial charge in [-0.3, -0.25) is 4.68 Å². The summed E-state index contributed by atoms with van der Waals surface area (Å²) in [7, 11) is 3.78. The fourth-order valence-electron chi connectivity index (χ4n) is 1.62. The van der Waals surface area contributed by atoms with Crippen molar-refractivity contribution in [3.63, 3.8) is 0 Å². The Morgan fingerprint density at radius 2 is 2.31 bits per heavy atom.